The predicted octanol–water partition coefficient (Wildman–Crippen LogP) is 3.56. The molecule has 0 aromatic rings. The summed E-state index contributed by atoms with van der Waals surface area (Å²) in [5.74, 6) is 0.412. The van der Waals surface area contributed by atoms with E-state index in [0.29, 0.717) is 11.8 Å². The zero-order valence-electron chi connectivity index (χ0n) is 9.92. The summed E-state index contributed by atoms with van der Waals surface area (Å²) in [5, 5.41) is 8.99. The second-order valence-corrected chi connectivity index (χ2v) is 4.99. The van der Waals surface area contributed by atoms with E-state index in [1.54, 1.807) is 0 Å². The molecule has 0 radical (unpaired) electrons. The number of hydrogen-bond donors (Lipinski definition) is 1. The maximum Gasteiger partial charge on any atom is 0.306 e. The van der Waals surface area contributed by atoms with Crippen molar-refractivity contribution in [3.05, 3.63) is 0 Å². The molecular formula is C12H24O2. The second kappa shape index (κ2) is 6.86. The van der Waals surface area contributed by atoms with Crippen molar-refractivity contribution in [2.75, 3.05) is 0 Å². The molecule has 0 rings (SSSR count). The van der Waals surface area contributed by atoms with Gasteiger partial charge in [0.25, 0.3) is 0 Å². The molecule has 0 aromatic carbocycles. The highest BCUT2D eigenvalue weighted by Gasteiger charge is 2.18. The molecule has 0 fully saturated rings. The summed E-state index contributed by atoms with van der Waals surface area (Å²) in [6.07, 6.45) is 3.84. The highest BCUT2D eigenvalue weighted by molar-refractivity contribution is 5.69. The summed E-state index contributed by atoms with van der Waals surface area (Å²) in [6.45, 7) is 8.52. The Morgan fingerprint density at radius 1 is 1.07 bits per heavy atom. The first-order chi connectivity index (χ1) is 6.43. The molecule has 1 atom stereocenters. The summed E-state index contributed by atoms with van der Waals surface area (Å²) in [6, 6.07) is 0. The quantitative estimate of drug-likeness (QED) is 0.682. The van der Waals surface area contributed by atoms with Gasteiger partial charge < -0.3 is 5.11 Å². The standard InChI is InChI=1S/C12H24O2/c1-9(2)6-5-7-11(12(13)14)8-10(3)4/h9-11H,5-8H2,1-4H3,(H,13,14). The molecule has 2 heteroatoms. The third kappa shape index (κ3) is 6.93. The van der Waals surface area contributed by atoms with Crippen LogP contribution in [0.1, 0.15) is 53.4 Å². The number of hydrogen-bond acceptors (Lipinski definition) is 1. The number of rotatable bonds is 7. The third-order valence-corrected chi connectivity index (χ3v) is 2.44. The van der Waals surface area contributed by atoms with Gasteiger partial charge in [0.15, 0.2) is 0 Å². The lowest BCUT2D eigenvalue weighted by Crippen LogP contribution is -2.16. The summed E-state index contributed by atoms with van der Waals surface area (Å²) in [7, 11) is 0. The van der Waals surface area contributed by atoms with Crippen molar-refractivity contribution < 1.29 is 9.90 Å². The van der Waals surface area contributed by atoms with E-state index in [4.69, 9.17) is 5.11 Å². The molecular weight excluding hydrogens is 176 g/mol. The molecule has 0 aliphatic rings. The lowest BCUT2D eigenvalue weighted by atomic mass is 9.91. The van der Waals surface area contributed by atoms with Crippen LogP contribution >= 0.6 is 0 Å². The number of carboxylic acids is 1. The van der Waals surface area contributed by atoms with E-state index in [0.717, 1.165) is 25.7 Å². The van der Waals surface area contributed by atoms with Crippen LogP contribution in [0.15, 0.2) is 0 Å². The van der Waals surface area contributed by atoms with E-state index >= 15 is 0 Å². The van der Waals surface area contributed by atoms with Crippen LogP contribution in [0.2, 0.25) is 0 Å². The number of aliphatic carboxylic acids is 1. The molecule has 0 saturated heterocycles. The summed E-state index contributed by atoms with van der Waals surface area (Å²) >= 11 is 0. The van der Waals surface area contributed by atoms with Gasteiger partial charge in [0, 0.05) is 0 Å². The molecule has 0 aliphatic carbocycles. The van der Waals surface area contributed by atoms with Crippen molar-refractivity contribution in [1.82, 2.24) is 0 Å². The zero-order chi connectivity index (χ0) is 11.1. The van der Waals surface area contributed by atoms with E-state index in [-0.39, 0.29) is 5.92 Å². The molecule has 2 nitrogen and oxygen atoms in total. The van der Waals surface area contributed by atoms with Gasteiger partial charge in [-0.25, -0.2) is 0 Å². The van der Waals surface area contributed by atoms with Gasteiger partial charge in [-0.1, -0.05) is 40.5 Å². The first-order valence-electron chi connectivity index (χ1n) is 5.66. The van der Waals surface area contributed by atoms with Crippen LogP contribution in [0.25, 0.3) is 0 Å². The van der Waals surface area contributed by atoms with Crippen molar-refractivity contribution in [2.24, 2.45) is 17.8 Å². The van der Waals surface area contributed by atoms with Gasteiger partial charge in [0.1, 0.15) is 0 Å². The molecule has 0 heterocycles. The Hall–Kier alpha value is -0.530. The highest BCUT2D eigenvalue weighted by Crippen LogP contribution is 2.19. The molecule has 0 bridgehead atoms. The molecule has 14 heavy (non-hydrogen) atoms. The summed E-state index contributed by atoms with van der Waals surface area (Å²) in [4.78, 5) is 10.9. The number of carbonyl (C=O) groups is 1. The van der Waals surface area contributed by atoms with Crippen LogP contribution in [-0.4, -0.2) is 11.1 Å². The fourth-order valence-electron chi connectivity index (χ4n) is 1.68. The van der Waals surface area contributed by atoms with Crippen LogP contribution in [0.5, 0.6) is 0 Å². The van der Waals surface area contributed by atoms with Crippen molar-refractivity contribution in [3.8, 4) is 0 Å². The first-order valence-corrected chi connectivity index (χ1v) is 5.66. The van der Waals surface area contributed by atoms with Crippen LogP contribution in [-0.2, 0) is 4.79 Å². The highest BCUT2D eigenvalue weighted by atomic mass is 16.4. The Balaban J connectivity index is 3.80. The van der Waals surface area contributed by atoms with Crippen molar-refractivity contribution in [1.29, 1.82) is 0 Å². The summed E-state index contributed by atoms with van der Waals surface area (Å²) < 4.78 is 0. The zero-order valence-corrected chi connectivity index (χ0v) is 9.92. The van der Waals surface area contributed by atoms with Gasteiger partial charge in [-0.05, 0) is 24.7 Å². The minimum atomic E-state index is -0.623. The molecule has 1 unspecified atom stereocenters. The second-order valence-electron chi connectivity index (χ2n) is 4.99. The monoisotopic (exact) mass is 200 g/mol. The Labute approximate surface area is 87.7 Å². The van der Waals surface area contributed by atoms with E-state index in [1.807, 2.05) is 0 Å². The fourth-order valence-corrected chi connectivity index (χ4v) is 1.68. The Morgan fingerprint density at radius 3 is 2.00 bits per heavy atom. The van der Waals surface area contributed by atoms with Crippen LogP contribution < -0.4 is 0 Å². The minimum Gasteiger partial charge on any atom is -0.481 e. The van der Waals surface area contributed by atoms with Crippen molar-refractivity contribution >= 4 is 5.97 Å². The lowest BCUT2D eigenvalue weighted by Gasteiger charge is -2.14. The van der Waals surface area contributed by atoms with E-state index in [2.05, 4.69) is 27.7 Å². The van der Waals surface area contributed by atoms with Gasteiger partial charge in [-0.2, -0.15) is 0 Å². The lowest BCUT2D eigenvalue weighted by molar-refractivity contribution is -0.142. The topological polar surface area (TPSA) is 37.3 Å². The van der Waals surface area contributed by atoms with Crippen LogP contribution in [0, 0.1) is 17.8 Å². The average Bonchev–Trinajstić information content (AvgIpc) is 2.00. The normalized spacial score (nSPS) is 13.6. The Bertz CT molecular complexity index is 162. The van der Waals surface area contributed by atoms with Crippen molar-refractivity contribution in [2.45, 2.75) is 53.4 Å². The van der Waals surface area contributed by atoms with Gasteiger partial charge >= 0.3 is 5.97 Å². The first kappa shape index (κ1) is 13.5. The molecule has 0 amide bonds. The molecule has 0 aromatic heterocycles. The van der Waals surface area contributed by atoms with Crippen LogP contribution in [0.3, 0.4) is 0 Å². The van der Waals surface area contributed by atoms with Gasteiger partial charge in [-0.15, -0.1) is 0 Å². The Morgan fingerprint density at radius 2 is 1.64 bits per heavy atom. The maximum atomic E-state index is 10.9. The summed E-state index contributed by atoms with van der Waals surface area (Å²) in [5.41, 5.74) is 0. The molecule has 0 aliphatic heterocycles. The van der Waals surface area contributed by atoms with E-state index in [1.165, 1.54) is 0 Å². The van der Waals surface area contributed by atoms with Gasteiger partial charge in [0.05, 0.1) is 5.92 Å². The van der Waals surface area contributed by atoms with Crippen molar-refractivity contribution in [3.63, 3.8) is 0 Å². The Kier molecular flexibility index (Phi) is 6.60. The van der Waals surface area contributed by atoms with E-state index < -0.39 is 5.97 Å². The molecule has 84 valence electrons. The smallest absolute Gasteiger partial charge is 0.306 e. The average molecular weight is 200 g/mol. The number of carboxylic acid groups (broad SMARTS) is 1. The van der Waals surface area contributed by atoms with Gasteiger partial charge in [0.2, 0.25) is 0 Å². The third-order valence-electron chi connectivity index (χ3n) is 2.44. The van der Waals surface area contributed by atoms with E-state index in [9.17, 15) is 4.79 Å². The molecule has 1 N–H and O–H groups in total. The fraction of sp³-hybridized carbons (Fsp3) is 0.917. The van der Waals surface area contributed by atoms with Crippen LogP contribution in [0.4, 0.5) is 0 Å². The predicted molar refractivity (Wildman–Crippen MR) is 59.3 cm³/mol. The largest absolute Gasteiger partial charge is 0.481 e. The molecule has 0 spiro atoms. The van der Waals surface area contributed by atoms with Gasteiger partial charge in [-0.3, -0.25) is 4.79 Å². The maximum absolute atomic E-state index is 10.9. The molecule has 0 saturated carbocycles. The SMILES string of the molecule is CC(C)CCCC(CC(C)C)C(=O)O. The minimum absolute atomic E-state index is 0.131.